The van der Waals surface area contributed by atoms with Gasteiger partial charge in [-0.05, 0) is 40.5 Å². The van der Waals surface area contributed by atoms with Crippen molar-refractivity contribution in [2.24, 2.45) is 0 Å². The summed E-state index contributed by atoms with van der Waals surface area (Å²) >= 11 is 0. The summed E-state index contributed by atoms with van der Waals surface area (Å²) in [4.78, 5) is 14.3. The van der Waals surface area contributed by atoms with Crippen molar-refractivity contribution in [2.45, 2.75) is 76.0 Å². The number of piperidine rings is 1. The lowest BCUT2D eigenvalue weighted by molar-refractivity contribution is -0.237. The summed E-state index contributed by atoms with van der Waals surface area (Å²) < 4.78 is 21.9. The molecule has 2 atom stereocenters. The Morgan fingerprint density at radius 3 is 2.08 bits per heavy atom. The van der Waals surface area contributed by atoms with Crippen LogP contribution < -0.4 is 0 Å². The number of morpholine rings is 1. The minimum absolute atomic E-state index is 0.213. The number of hydrogen-bond donors (Lipinski definition) is 1. The Hall–Kier alpha value is -0.890. The Morgan fingerprint density at radius 2 is 1.67 bits per heavy atom. The lowest BCUT2D eigenvalue weighted by atomic mass is 9.77. The molecule has 2 fully saturated rings. The third kappa shape index (κ3) is 4.39. The van der Waals surface area contributed by atoms with Crippen molar-refractivity contribution in [2.75, 3.05) is 27.4 Å². The Labute approximate surface area is 144 Å². The first-order valence-electron chi connectivity index (χ1n) is 8.43. The highest BCUT2D eigenvalue weighted by atomic mass is 16.7. The van der Waals surface area contributed by atoms with E-state index in [4.69, 9.17) is 18.9 Å². The van der Waals surface area contributed by atoms with Crippen molar-refractivity contribution >= 4 is 6.09 Å². The van der Waals surface area contributed by atoms with Gasteiger partial charge < -0.3 is 24.1 Å². The van der Waals surface area contributed by atoms with Crippen LogP contribution in [0.5, 0.6) is 0 Å². The standard InChI is InChI=1S/C17H31NO6/c1-15(2,3)24-14(19)18-12-7-17(20,8-13(18)10-23-9-12)11-16(4,21-5)22-6/h12-13,20H,7-11H2,1-6H3. The van der Waals surface area contributed by atoms with Crippen LogP contribution in [0.3, 0.4) is 0 Å². The molecule has 1 amide bonds. The number of carbonyl (C=O) groups is 1. The van der Waals surface area contributed by atoms with Crippen LogP contribution in [0.4, 0.5) is 4.79 Å². The number of rotatable bonds is 4. The largest absolute Gasteiger partial charge is 0.444 e. The molecular weight excluding hydrogens is 314 g/mol. The van der Waals surface area contributed by atoms with E-state index in [0.717, 1.165) is 0 Å². The monoisotopic (exact) mass is 345 g/mol. The van der Waals surface area contributed by atoms with E-state index in [1.807, 2.05) is 20.8 Å². The summed E-state index contributed by atoms with van der Waals surface area (Å²) in [5.41, 5.74) is -1.52. The average Bonchev–Trinajstić information content (AvgIpc) is 2.43. The molecule has 7 nitrogen and oxygen atoms in total. The average molecular weight is 345 g/mol. The highest BCUT2D eigenvalue weighted by molar-refractivity contribution is 5.69. The van der Waals surface area contributed by atoms with Gasteiger partial charge in [0.25, 0.3) is 0 Å². The summed E-state index contributed by atoms with van der Waals surface area (Å²) in [7, 11) is 3.12. The number of methoxy groups -OCH3 is 2. The molecule has 140 valence electrons. The summed E-state index contributed by atoms with van der Waals surface area (Å²) in [5.74, 6) is -0.863. The lowest BCUT2D eigenvalue weighted by Crippen LogP contribution is -2.65. The highest BCUT2D eigenvalue weighted by Crippen LogP contribution is 2.40. The van der Waals surface area contributed by atoms with Crippen molar-refractivity contribution in [1.82, 2.24) is 4.90 Å². The van der Waals surface area contributed by atoms with Crippen molar-refractivity contribution in [3.8, 4) is 0 Å². The smallest absolute Gasteiger partial charge is 0.410 e. The molecule has 0 saturated carbocycles. The first-order valence-corrected chi connectivity index (χ1v) is 8.43. The van der Waals surface area contributed by atoms with Gasteiger partial charge in [-0.25, -0.2) is 4.79 Å². The van der Waals surface area contributed by atoms with Gasteiger partial charge in [0.2, 0.25) is 0 Å². The zero-order valence-corrected chi connectivity index (χ0v) is 15.6. The first-order chi connectivity index (χ1) is 11.0. The Kier molecular flexibility index (Phi) is 5.49. The molecule has 0 aliphatic carbocycles. The molecule has 0 aromatic heterocycles. The summed E-state index contributed by atoms with van der Waals surface area (Å²) in [6.45, 7) is 8.14. The summed E-state index contributed by atoms with van der Waals surface area (Å²) in [6.07, 6.45) is 0.808. The fraction of sp³-hybridized carbons (Fsp3) is 0.941. The van der Waals surface area contributed by atoms with Crippen LogP contribution in [0, 0.1) is 0 Å². The molecular formula is C17H31NO6. The van der Waals surface area contributed by atoms with Gasteiger partial charge in [-0.15, -0.1) is 0 Å². The number of aliphatic hydroxyl groups is 1. The van der Waals surface area contributed by atoms with Crippen molar-refractivity contribution in [3.63, 3.8) is 0 Å². The first kappa shape index (κ1) is 19.4. The molecule has 24 heavy (non-hydrogen) atoms. The van der Waals surface area contributed by atoms with E-state index in [1.54, 1.807) is 26.0 Å². The van der Waals surface area contributed by atoms with Crippen molar-refractivity contribution < 1.29 is 28.8 Å². The van der Waals surface area contributed by atoms with E-state index in [0.29, 0.717) is 32.5 Å². The molecule has 2 aliphatic rings. The Morgan fingerprint density at radius 1 is 1.17 bits per heavy atom. The highest BCUT2D eigenvalue weighted by Gasteiger charge is 2.51. The Balaban J connectivity index is 2.14. The zero-order chi connectivity index (χ0) is 18.2. The fourth-order valence-corrected chi connectivity index (χ4v) is 3.66. The second kappa shape index (κ2) is 6.78. The minimum Gasteiger partial charge on any atom is -0.444 e. The Bertz CT molecular complexity index is 442. The van der Waals surface area contributed by atoms with Crippen LogP contribution in [0.1, 0.15) is 47.0 Å². The molecule has 0 aromatic carbocycles. The minimum atomic E-state index is -0.974. The predicted octanol–water partition coefficient (Wildman–Crippen LogP) is 1.91. The van der Waals surface area contributed by atoms with E-state index in [2.05, 4.69) is 0 Å². The van der Waals surface area contributed by atoms with E-state index in [9.17, 15) is 9.90 Å². The molecule has 2 saturated heterocycles. The number of amides is 1. The fourth-order valence-electron chi connectivity index (χ4n) is 3.66. The second-order valence-electron chi connectivity index (χ2n) is 8.08. The topological polar surface area (TPSA) is 77.5 Å². The predicted molar refractivity (Wildman–Crippen MR) is 87.7 cm³/mol. The van der Waals surface area contributed by atoms with Gasteiger partial charge in [0.05, 0.1) is 30.9 Å². The quantitative estimate of drug-likeness (QED) is 0.785. The van der Waals surface area contributed by atoms with Gasteiger partial charge in [-0.1, -0.05) is 0 Å². The molecule has 0 aromatic rings. The van der Waals surface area contributed by atoms with Crippen LogP contribution in [-0.2, 0) is 18.9 Å². The number of ether oxygens (including phenoxy) is 4. The maximum atomic E-state index is 12.6. The molecule has 1 N–H and O–H groups in total. The summed E-state index contributed by atoms with van der Waals surface area (Å²) in [5, 5.41) is 11.1. The molecule has 7 heteroatoms. The van der Waals surface area contributed by atoms with Crippen molar-refractivity contribution in [1.29, 1.82) is 0 Å². The SMILES string of the molecule is COC(C)(CC1(O)CC2COCC(C1)N2C(=O)OC(C)(C)C)OC. The number of hydrogen-bond acceptors (Lipinski definition) is 6. The zero-order valence-electron chi connectivity index (χ0n) is 15.6. The van der Waals surface area contributed by atoms with Gasteiger partial charge in [-0.3, -0.25) is 4.90 Å². The van der Waals surface area contributed by atoms with Gasteiger partial charge >= 0.3 is 6.09 Å². The summed E-state index contributed by atoms with van der Waals surface area (Å²) in [6, 6.07) is -0.425. The third-order valence-electron chi connectivity index (χ3n) is 4.76. The van der Waals surface area contributed by atoms with Crippen LogP contribution in [-0.4, -0.2) is 72.6 Å². The molecule has 2 bridgehead atoms. The molecule has 2 unspecified atom stereocenters. The van der Waals surface area contributed by atoms with Crippen LogP contribution in [0.15, 0.2) is 0 Å². The number of carbonyl (C=O) groups excluding carboxylic acids is 1. The van der Waals surface area contributed by atoms with Gasteiger partial charge in [0.15, 0.2) is 5.79 Å². The molecule has 2 aliphatic heterocycles. The van der Waals surface area contributed by atoms with Crippen LogP contribution in [0.25, 0.3) is 0 Å². The lowest BCUT2D eigenvalue weighted by Gasteiger charge is -2.52. The molecule has 2 heterocycles. The van der Waals surface area contributed by atoms with Gasteiger partial charge in [0.1, 0.15) is 5.60 Å². The van der Waals surface area contributed by atoms with E-state index in [1.165, 1.54) is 0 Å². The van der Waals surface area contributed by atoms with Crippen LogP contribution >= 0.6 is 0 Å². The van der Waals surface area contributed by atoms with Crippen LogP contribution in [0.2, 0.25) is 0 Å². The molecule has 0 spiro atoms. The van der Waals surface area contributed by atoms with E-state index >= 15 is 0 Å². The number of fused-ring (bicyclic) bond motifs is 2. The van der Waals surface area contributed by atoms with Crippen molar-refractivity contribution in [3.05, 3.63) is 0 Å². The number of nitrogens with zero attached hydrogens (tertiary/aromatic N) is 1. The third-order valence-corrected chi connectivity index (χ3v) is 4.76. The van der Waals surface area contributed by atoms with Gasteiger partial charge in [0, 0.05) is 20.6 Å². The normalized spacial score (nSPS) is 31.0. The molecule has 0 radical (unpaired) electrons. The second-order valence-corrected chi connectivity index (χ2v) is 8.08. The van der Waals surface area contributed by atoms with E-state index in [-0.39, 0.29) is 18.2 Å². The van der Waals surface area contributed by atoms with E-state index < -0.39 is 17.0 Å². The molecule has 2 rings (SSSR count). The maximum Gasteiger partial charge on any atom is 0.410 e. The maximum absolute atomic E-state index is 12.6. The van der Waals surface area contributed by atoms with Gasteiger partial charge in [-0.2, -0.15) is 0 Å².